The Bertz CT molecular complexity index is 405. The van der Waals surface area contributed by atoms with E-state index in [1.165, 1.54) is 50.9 Å². The van der Waals surface area contributed by atoms with Crippen molar-refractivity contribution >= 4 is 0 Å². The molecule has 1 heterocycles. The third-order valence-electron chi connectivity index (χ3n) is 4.39. The highest BCUT2D eigenvalue weighted by molar-refractivity contribution is 5.29. The van der Waals surface area contributed by atoms with Crippen LogP contribution in [-0.2, 0) is 6.54 Å². The molecule has 2 heteroatoms. The van der Waals surface area contributed by atoms with Gasteiger partial charge in [0.1, 0.15) is 0 Å². The van der Waals surface area contributed by atoms with Crippen molar-refractivity contribution in [1.82, 2.24) is 10.2 Å². The lowest BCUT2D eigenvalue weighted by Crippen LogP contribution is -2.37. The second-order valence-electron chi connectivity index (χ2n) is 6.31. The molecule has 1 saturated heterocycles. The number of rotatable bonds is 6. The van der Waals surface area contributed by atoms with E-state index in [-0.39, 0.29) is 0 Å². The van der Waals surface area contributed by atoms with Gasteiger partial charge in [0.25, 0.3) is 0 Å². The first-order valence-electron chi connectivity index (χ1n) is 7.86. The second-order valence-corrected chi connectivity index (χ2v) is 6.31. The van der Waals surface area contributed by atoms with Crippen molar-refractivity contribution in [3.8, 4) is 0 Å². The third kappa shape index (κ3) is 3.80. The van der Waals surface area contributed by atoms with Gasteiger partial charge in [0.15, 0.2) is 0 Å². The average Bonchev–Trinajstić information content (AvgIpc) is 3.16. The standard InChI is InChI=1S/C17H26N2/c1-14(13-19-9-2-3-10-19)18-12-15-5-4-6-17(11-15)16-7-8-16/h4-6,11,14,16,18H,2-3,7-10,12-13H2,1H3. The van der Waals surface area contributed by atoms with Crippen molar-refractivity contribution in [2.45, 2.75) is 51.1 Å². The highest BCUT2D eigenvalue weighted by Gasteiger charge is 2.23. The molecule has 1 atom stereocenters. The molecule has 104 valence electrons. The van der Waals surface area contributed by atoms with Crippen LogP contribution in [0.1, 0.15) is 49.7 Å². The first-order chi connectivity index (χ1) is 9.31. The lowest BCUT2D eigenvalue weighted by Gasteiger charge is -2.21. The molecule has 1 N–H and O–H groups in total. The van der Waals surface area contributed by atoms with E-state index in [1.807, 2.05) is 0 Å². The van der Waals surface area contributed by atoms with E-state index < -0.39 is 0 Å². The van der Waals surface area contributed by atoms with Gasteiger partial charge >= 0.3 is 0 Å². The highest BCUT2D eigenvalue weighted by Crippen LogP contribution is 2.40. The van der Waals surface area contributed by atoms with E-state index in [0.717, 1.165) is 12.5 Å². The first kappa shape index (κ1) is 13.1. The molecular weight excluding hydrogens is 232 g/mol. The van der Waals surface area contributed by atoms with Crippen LogP contribution in [0.15, 0.2) is 24.3 Å². The number of likely N-dealkylation sites (tertiary alicyclic amines) is 1. The van der Waals surface area contributed by atoms with Gasteiger partial charge < -0.3 is 10.2 Å². The highest BCUT2D eigenvalue weighted by atomic mass is 15.2. The van der Waals surface area contributed by atoms with Crippen molar-refractivity contribution < 1.29 is 0 Å². The van der Waals surface area contributed by atoms with Crippen LogP contribution in [0, 0.1) is 0 Å². The molecule has 1 aromatic carbocycles. The molecule has 1 unspecified atom stereocenters. The summed E-state index contributed by atoms with van der Waals surface area (Å²) in [6, 6.07) is 9.74. The Morgan fingerprint density at radius 1 is 1.26 bits per heavy atom. The summed E-state index contributed by atoms with van der Waals surface area (Å²) < 4.78 is 0. The Kier molecular flexibility index (Phi) is 4.19. The van der Waals surface area contributed by atoms with Crippen LogP contribution in [0.3, 0.4) is 0 Å². The summed E-state index contributed by atoms with van der Waals surface area (Å²) >= 11 is 0. The van der Waals surface area contributed by atoms with E-state index in [0.29, 0.717) is 6.04 Å². The Labute approximate surface area is 117 Å². The van der Waals surface area contributed by atoms with Crippen LogP contribution in [-0.4, -0.2) is 30.6 Å². The van der Waals surface area contributed by atoms with E-state index in [4.69, 9.17) is 0 Å². The maximum atomic E-state index is 3.67. The van der Waals surface area contributed by atoms with Gasteiger partial charge in [-0.15, -0.1) is 0 Å². The zero-order chi connectivity index (χ0) is 13.1. The summed E-state index contributed by atoms with van der Waals surface area (Å²) in [6.45, 7) is 7.10. The van der Waals surface area contributed by atoms with E-state index in [2.05, 4.69) is 41.4 Å². The maximum Gasteiger partial charge on any atom is 0.0208 e. The maximum absolute atomic E-state index is 3.67. The molecule has 2 aliphatic rings. The number of hydrogen-bond donors (Lipinski definition) is 1. The number of nitrogens with zero attached hydrogens (tertiary/aromatic N) is 1. The fourth-order valence-electron chi connectivity index (χ4n) is 3.08. The molecule has 1 saturated carbocycles. The fourth-order valence-corrected chi connectivity index (χ4v) is 3.08. The quantitative estimate of drug-likeness (QED) is 0.843. The van der Waals surface area contributed by atoms with Crippen molar-refractivity contribution in [2.24, 2.45) is 0 Å². The van der Waals surface area contributed by atoms with Crippen LogP contribution >= 0.6 is 0 Å². The van der Waals surface area contributed by atoms with Crippen molar-refractivity contribution in [3.05, 3.63) is 35.4 Å². The van der Waals surface area contributed by atoms with Gasteiger partial charge in [-0.25, -0.2) is 0 Å². The molecule has 3 rings (SSSR count). The van der Waals surface area contributed by atoms with Crippen LogP contribution in [0.25, 0.3) is 0 Å². The molecule has 0 radical (unpaired) electrons. The summed E-state index contributed by atoms with van der Waals surface area (Å²) in [5, 5.41) is 3.67. The molecule has 1 aromatic rings. The molecule has 1 aliphatic heterocycles. The Hall–Kier alpha value is -0.860. The summed E-state index contributed by atoms with van der Waals surface area (Å²) in [6.07, 6.45) is 5.55. The molecule has 0 spiro atoms. The predicted octanol–water partition coefficient (Wildman–Crippen LogP) is 3.14. The molecule has 1 aliphatic carbocycles. The van der Waals surface area contributed by atoms with Crippen LogP contribution in [0.2, 0.25) is 0 Å². The van der Waals surface area contributed by atoms with Crippen molar-refractivity contribution in [3.63, 3.8) is 0 Å². The fraction of sp³-hybridized carbons (Fsp3) is 0.647. The summed E-state index contributed by atoms with van der Waals surface area (Å²) in [5.41, 5.74) is 2.99. The third-order valence-corrected chi connectivity index (χ3v) is 4.39. The molecule has 19 heavy (non-hydrogen) atoms. The predicted molar refractivity (Wildman–Crippen MR) is 80.4 cm³/mol. The normalized spacial score (nSPS) is 21.7. The molecule has 2 nitrogen and oxygen atoms in total. The van der Waals surface area contributed by atoms with E-state index >= 15 is 0 Å². The second kappa shape index (κ2) is 6.06. The zero-order valence-corrected chi connectivity index (χ0v) is 12.1. The van der Waals surface area contributed by atoms with Gasteiger partial charge in [-0.2, -0.15) is 0 Å². The Morgan fingerprint density at radius 2 is 2.05 bits per heavy atom. The molecule has 0 amide bonds. The minimum atomic E-state index is 0.586. The number of benzene rings is 1. The molecule has 0 aromatic heterocycles. The molecule has 0 bridgehead atoms. The zero-order valence-electron chi connectivity index (χ0n) is 12.1. The summed E-state index contributed by atoms with van der Waals surface area (Å²) in [4.78, 5) is 2.58. The monoisotopic (exact) mass is 258 g/mol. The Balaban J connectivity index is 1.46. The smallest absolute Gasteiger partial charge is 0.0208 e. The van der Waals surface area contributed by atoms with E-state index in [9.17, 15) is 0 Å². The average molecular weight is 258 g/mol. The van der Waals surface area contributed by atoms with Crippen molar-refractivity contribution in [2.75, 3.05) is 19.6 Å². The summed E-state index contributed by atoms with van der Waals surface area (Å²) in [7, 11) is 0. The minimum absolute atomic E-state index is 0.586. The van der Waals surface area contributed by atoms with Crippen LogP contribution in [0.4, 0.5) is 0 Å². The van der Waals surface area contributed by atoms with Crippen LogP contribution < -0.4 is 5.32 Å². The number of nitrogens with one attached hydrogen (secondary N) is 1. The topological polar surface area (TPSA) is 15.3 Å². The van der Waals surface area contributed by atoms with Gasteiger partial charge in [-0.05, 0) is 62.7 Å². The minimum Gasteiger partial charge on any atom is -0.309 e. The Morgan fingerprint density at radius 3 is 2.79 bits per heavy atom. The van der Waals surface area contributed by atoms with Gasteiger partial charge in [0, 0.05) is 19.1 Å². The van der Waals surface area contributed by atoms with Gasteiger partial charge in [0.2, 0.25) is 0 Å². The first-order valence-corrected chi connectivity index (χ1v) is 7.86. The van der Waals surface area contributed by atoms with Crippen LogP contribution in [0.5, 0.6) is 0 Å². The van der Waals surface area contributed by atoms with Crippen molar-refractivity contribution in [1.29, 1.82) is 0 Å². The lowest BCUT2D eigenvalue weighted by atomic mass is 10.1. The van der Waals surface area contributed by atoms with Gasteiger partial charge in [-0.3, -0.25) is 0 Å². The van der Waals surface area contributed by atoms with E-state index in [1.54, 1.807) is 5.56 Å². The van der Waals surface area contributed by atoms with Gasteiger partial charge in [0.05, 0.1) is 0 Å². The SMILES string of the molecule is CC(CN1CCCC1)NCc1cccc(C2CC2)c1. The number of hydrogen-bond acceptors (Lipinski definition) is 2. The molecular formula is C17H26N2. The van der Waals surface area contributed by atoms with Gasteiger partial charge in [-0.1, -0.05) is 24.3 Å². The largest absolute Gasteiger partial charge is 0.309 e. The molecule has 2 fully saturated rings. The summed E-state index contributed by atoms with van der Waals surface area (Å²) in [5.74, 6) is 0.863. The lowest BCUT2D eigenvalue weighted by molar-refractivity contribution is 0.298.